The van der Waals surface area contributed by atoms with Gasteiger partial charge in [0.25, 0.3) is 0 Å². The molecular formula is C12H13Cl2NO5S. The Morgan fingerprint density at radius 1 is 1.43 bits per heavy atom. The van der Waals surface area contributed by atoms with E-state index in [1.165, 1.54) is 6.07 Å². The summed E-state index contributed by atoms with van der Waals surface area (Å²) < 4.78 is 33.1. The summed E-state index contributed by atoms with van der Waals surface area (Å²) in [7, 11) is -4.06. The lowest BCUT2D eigenvalue weighted by molar-refractivity contribution is 0.0428. The largest absolute Gasteiger partial charge is 0.462 e. The first-order chi connectivity index (χ1) is 9.80. The molecule has 1 aromatic rings. The number of ether oxygens (including phenoxy) is 2. The summed E-state index contributed by atoms with van der Waals surface area (Å²) in [5, 5.41) is 4.69. The van der Waals surface area contributed by atoms with Crippen LogP contribution in [0.4, 0.5) is 0 Å². The summed E-state index contributed by atoms with van der Waals surface area (Å²) in [6.07, 6.45) is 0.798. The minimum atomic E-state index is -4.06. The molecule has 0 radical (unpaired) electrons. The highest BCUT2D eigenvalue weighted by molar-refractivity contribution is 7.89. The van der Waals surface area contributed by atoms with Gasteiger partial charge in [-0.05, 0) is 18.6 Å². The van der Waals surface area contributed by atoms with Crippen molar-refractivity contribution < 1.29 is 22.7 Å². The number of nitrogens with two attached hydrogens (primary N) is 1. The van der Waals surface area contributed by atoms with Gasteiger partial charge in [-0.3, -0.25) is 0 Å². The Balaban J connectivity index is 2.23. The van der Waals surface area contributed by atoms with E-state index in [9.17, 15) is 13.2 Å². The van der Waals surface area contributed by atoms with Crippen LogP contribution < -0.4 is 5.14 Å². The number of hydrogen-bond donors (Lipinski definition) is 1. The highest BCUT2D eigenvalue weighted by Gasteiger charge is 2.25. The lowest BCUT2D eigenvalue weighted by Gasteiger charge is -2.12. The quantitative estimate of drug-likeness (QED) is 0.833. The zero-order valence-corrected chi connectivity index (χ0v) is 13.2. The van der Waals surface area contributed by atoms with Crippen molar-refractivity contribution >= 4 is 39.2 Å². The molecule has 2 N–H and O–H groups in total. The molecule has 1 aliphatic rings. The summed E-state index contributed by atoms with van der Waals surface area (Å²) in [6.45, 7) is 1.31. The molecule has 0 aromatic heterocycles. The van der Waals surface area contributed by atoms with Gasteiger partial charge >= 0.3 is 5.97 Å². The van der Waals surface area contributed by atoms with E-state index in [2.05, 4.69) is 0 Å². The van der Waals surface area contributed by atoms with E-state index in [1.54, 1.807) is 0 Å². The molecule has 1 unspecified atom stereocenters. The van der Waals surface area contributed by atoms with Crippen LogP contribution in [-0.4, -0.2) is 34.2 Å². The third-order valence-corrected chi connectivity index (χ3v) is 4.81. The number of primary sulfonamides is 1. The van der Waals surface area contributed by atoms with Crippen LogP contribution in [0.3, 0.4) is 0 Å². The zero-order valence-electron chi connectivity index (χ0n) is 10.8. The van der Waals surface area contributed by atoms with Gasteiger partial charge in [-0.1, -0.05) is 23.2 Å². The predicted molar refractivity (Wildman–Crippen MR) is 77.0 cm³/mol. The molecule has 0 spiro atoms. The van der Waals surface area contributed by atoms with Crippen LogP contribution in [0.2, 0.25) is 10.0 Å². The summed E-state index contributed by atoms with van der Waals surface area (Å²) >= 11 is 11.8. The van der Waals surface area contributed by atoms with Gasteiger partial charge in [0.1, 0.15) is 4.90 Å². The SMILES string of the molecule is NS(=O)(=O)c1ccc(Cl)c(C(=O)OCC2CCOC2)c1Cl. The fraction of sp³-hybridized carbons (Fsp3) is 0.417. The van der Waals surface area contributed by atoms with E-state index >= 15 is 0 Å². The number of esters is 1. The molecule has 6 nitrogen and oxygen atoms in total. The van der Waals surface area contributed by atoms with Crippen molar-refractivity contribution in [2.45, 2.75) is 11.3 Å². The van der Waals surface area contributed by atoms with Gasteiger partial charge in [-0.25, -0.2) is 18.4 Å². The smallest absolute Gasteiger partial charge is 0.341 e. The molecule has 1 aliphatic heterocycles. The number of benzene rings is 1. The van der Waals surface area contributed by atoms with E-state index < -0.39 is 16.0 Å². The van der Waals surface area contributed by atoms with Gasteiger partial charge in [0.2, 0.25) is 10.0 Å². The lowest BCUT2D eigenvalue weighted by Crippen LogP contribution is -2.17. The van der Waals surface area contributed by atoms with Gasteiger partial charge in [-0.2, -0.15) is 0 Å². The van der Waals surface area contributed by atoms with E-state index in [4.69, 9.17) is 37.8 Å². The fourth-order valence-corrected chi connectivity index (χ4v) is 3.38. The van der Waals surface area contributed by atoms with Crippen molar-refractivity contribution in [1.29, 1.82) is 0 Å². The number of rotatable bonds is 4. The average Bonchev–Trinajstić information content (AvgIpc) is 2.87. The normalized spacial score (nSPS) is 18.7. The maximum absolute atomic E-state index is 12.1. The van der Waals surface area contributed by atoms with E-state index in [1.807, 2.05) is 0 Å². The van der Waals surface area contributed by atoms with Crippen LogP contribution in [0.1, 0.15) is 16.8 Å². The van der Waals surface area contributed by atoms with Crippen LogP contribution in [0.25, 0.3) is 0 Å². The third-order valence-electron chi connectivity index (χ3n) is 3.04. The highest BCUT2D eigenvalue weighted by atomic mass is 35.5. The minimum absolute atomic E-state index is 0.0000666. The van der Waals surface area contributed by atoms with Crippen molar-refractivity contribution in [2.75, 3.05) is 19.8 Å². The minimum Gasteiger partial charge on any atom is -0.462 e. The molecule has 1 atom stereocenters. The van der Waals surface area contributed by atoms with E-state index in [0.29, 0.717) is 13.2 Å². The molecule has 9 heteroatoms. The first-order valence-corrected chi connectivity index (χ1v) is 8.36. The Bertz CT molecular complexity index is 656. The number of sulfonamides is 1. The number of halogens is 2. The van der Waals surface area contributed by atoms with E-state index in [0.717, 1.165) is 12.5 Å². The van der Waals surface area contributed by atoms with Gasteiger partial charge in [-0.15, -0.1) is 0 Å². The van der Waals surface area contributed by atoms with Crippen molar-refractivity contribution in [3.05, 3.63) is 27.7 Å². The Hall–Kier alpha value is -0.860. The van der Waals surface area contributed by atoms with Crippen LogP contribution in [0, 0.1) is 5.92 Å². The molecule has 21 heavy (non-hydrogen) atoms. The molecular weight excluding hydrogens is 341 g/mol. The summed E-state index contributed by atoms with van der Waals surface area (Å²) in [5.41, 5.74) is -0.205. The van der Waals surface area contributed by atoms with Crippen LogP contribution >= 0.6 is 23.2 Å². The topological polar surface area (TPSA) is 95.7 Å². The summed E-state index contributed by atoms with van der Waals surface area (Å²) in [5.74, 6) is -0.671. The van der Waals surface area contributed by atoms with Crippen molar-refractivity contribution in [2.24, 2.45) is 11.1 Å². The summed E-state index contributed by atoms with van der Waals surface area (Å²) in [6, 6.07) is 2.38. The van der Waals surface area contributed by atoms with Gasteiger partial charge in [0.15, 0.2) is 0 Å². The monoisotopic (exact) mass is 353 g/mol. The van der Waals surface area contributed by atoms with E-state index in [-0.39, 0.29) is 33.0 Å². The molecule has 0 bridgehead atoms. The second-order valence-corrected chi connectivity index (χ2v) is 6.92. The maximum atomic E-state index is 12.1. The fourth-order valence-electron chi connectivity index (χ4n) is 1.92. The van der Waals surface area contributed by atoms with Crippen LogP contribution in [-0.2, 0) is 19.5 Å². The average molecular weight is 354 g/mol. The van der Waals surface area contributed by atoms with Crippen LogP contribution in [0.5, 0.6) is 0 Å². The molecule has 1 heterocycles. The number of carbonyl (C=O) groups excluding carboxylic acids is 1. The molecule has 1 saturated heterocycles. The van der Waals surface area contributed by atoms with Crippen molar-refractivity contribution in [3.63, 3.8) is 0 Å². The molecule has 0 saturated carbocycles. The Morgan fingerprint density at radius 3 is 2.71 bits per heavy atom. The molecule has 0 aliphatic carbocycles. The Labute approximate surface area is 132 Å². The molecule has 1 fully saturated rings. The second-order valence-electron chi connectivity index (χ2n) is 4.61. The molecule has 2 rings (SSSR count). The first-order valence-electron chi connectivity index (χ1n) is 6.06. The van der Waals surface area contributed by atoms with Gasteiger partial charge in [0.05, 0.1) is 28.8 Å². The summed E-state index contributed by atoms with van der Waals surface area (Å²) in [4.78, 5) is 11.7. The highest BCUT2D eigenvalue weighted by Crippen LogP contribution is 2.31. The molecule has 1 aromatic carbocycles. The Morgan fingerprint density at radius 2 is 2.14 bits per heavy atom. The first kappa shape index (κ1) is 16.5. The lowest BCUT2D eigenvalue weighted by atomic mass is 10.1. The second kappa shape index (κ2) is 6.50. The number of carbonyl (C=O) groups is 1. The molecule has 116 valence electrons. The third kappa shape index (κ3) is 3.87. The van der Waals surface area contributed by atoms with Gasteiger partial charge < -0.3 is 9.47 Å². The Kier molecular flexibility index (Phi) is 5.11. The molecule has 0 amide bonds. The van der Waals surface area contributed by atoms with Crippen molar-refractivity contribution in [3.8, 4) is 0 Å². The maximum Gasteiger partial charge on any atom is 0.341 e. The number of hydrogen-bond acceptors (Lipinski definition) is 5. The standard InChI is InChI=1S/C12H13Cl2NO5S/c13-8-1-2-9(21(15,17)18)11(14)10(8)12(16)20-6-7-3-4-19-5-7/h1-2,7H,3-6H2,(H2,15,17,18). The van der Waals surface area contributed by atoms with Gasteiger partial charge in [0, 0.05) is 12.5 Å². The zero-order chi connectivity index (χ0) is 15.6. The van der Waals surface area contributed by atoms with Crippen molar-refractivity contribution in [1.82, 2.24) is 0 Å². The predicted octanol–water partition coefficient (Wildman–Crippen LogP) is 1.83. The van der Waals surface area contributed by atoms with Crippen LogP contribution in [0.15, 0.2) is 17.0 Å².